The van der Waals surface area contributed by atoms with Crippen molar-refractivity contribution in [2.45, 2.75) is 30.7 Å². The van der Waals surface area contributed by atoms with Crippen LogP contribution in [-0.4, -0.2) is 41.4 Å². The Balaban J connectivity index is 1.36. The van der Waals surface area contributed by atoms with E-state index in [0.29, 0.717) is 19.1 Å². The normalized spacial score (nSPS) is 26.0. The summed E-state index contributed by atoms with van der Waals surface area (Å²) in [6.07, 6.45) is 2.56. The lowest BCUT2D eigenvalue weighted by Crippen LogP contribution is -2.66. The molecule has 0 radical (unpaired) electrons. The third kappa shape index (κ3) is 2.21. The summed E-state index contributed by atoms with van der Waals surface area (Å²) in [5.41, 5.74) is 4.54. The largest absolute Gasteiger partial charge is 0.448 e. The lowest BCUT2D eigenvalue weighted by atomic mass is 9.63. The highest BCUT2D eigenvalue weighted by atomic mass is 16.6. The fourth-order valence-electron chi connectivity index (χ4n) is 5.16. The Bertz CT molecular complexity index is 810. The zero-order chi connectivity index (χ0) is 17.7. The van der Waals surface area contributed by atoms with Crippen molar-refractivity contribution >= 4 is 6.09 Å². The van der Waals surface area contributed by atoms with E-state index in [1.165, 1.54) is 22.3 Å². The Labute approximate surface area is 153 Å². The van der Waals surface area contributed by atoms with Crippen molar-refractivity contribution in [1.29, 1.82) is 0 Å². The summed E-state index contributed by atoms with van der Waals surface area (Å²) < 4.78 is 5.78. The number of fused-ring (bicyclic) bond motifs is 5. The number of piperidine rings is 2. The number of aliphatic hydroxyl groups is 1. The maximum Gasteiger partial charge on any atom is 0.410 e. The van der Waals surface area contributed by atoms with Crippen molar-refractivity contribution in [2.24, 2.45) is 5.92 Å². The topological polar surface area (TPSA) is 49.8 Å². The molecule has 0 aromatic heterocycles. The highest BCUT2D eigenvalue weighted by Gasteiger charge is 2.54. The van der Waals surface area contributed by atoms with Crippen LogP contribution in [0.3, 0.4) is 0 Å². The van der Waals surface area contributed by atoms with Crippen molar-refractivity contribution in [1.82, 2.24) is 4.90 Å². The molecule has 2 saturated heterocycles. The predicted octanol–water partition coefficient (Wildman–Crippen LogP) is 3.78. The van der Waals surface area contributed by atoms with E-state index in [4.69, 9.17) is 4.74 Å². The Hall–Kier alpha value is -2.33. The summed E-state index contributed by atoms with van der Waals surface area (Å²) in [7, 11) is 0. The first-order valence-corrected chi connectivity index (χ1v) is 9.45. The number of benzene rings is 2. The summed E-state index contributed by atoms with van der Waals surface area (Å²) >= 11 is 0. The monoisotopic (exact) mass is 349 g/mol. The minimum absolute atomic E-state index is 0.0354. The second-order valence-corrected chi connectivity index (χ2v) is 7.90. The first kappa shape index (κ1) is 15.9. The quantitative estimate of drug-likeness (QED) is 0.917. The Kier molecular flexibility index (Phi) is 3.57. The minimum Gasteiger partial charge on any atom is -0.448 e. The number of carbonyl (C=O) groups excluding carboxylic acids is 1. The first-order valence-electron chi connectivity index (χ1n) is 9.45. The van der Waals surface area contributed by atoms with Gasteiger partial charge in [0.05, 0.1) is 12.1 Å². The number of aliphatic hydroxyl groups excluding tert-OH is 1. The maximum atomic E-state index is 12.8. The van der Waals surface area contributed by atoms with Crippen molar-refractivity contribution < 1.29 is 14.6 Å². The van der Waals surface area contributed by atoms with Crippen LogP contribution in [0.1, 0.15) is 36.3 Å². The molecule has 1 saturated carbocycles. The van der Waals surface area contributed by atoms with Gasteiger partial charge < -0.3 is 14.7 Å². The molecule has 134 valence electrons. The van der Waals surface area contributed by atoms with Crippen LogP contribution in [-0.2, 0) is 4.74 Å². The molecule has 4 heteroatoms. The average Bonchev–Trinajstić information content (AvgIpc) is 2.99. The molecule has 0 spiro atoms. The van der Waals surface area contributed by atoms with Crippen molar-refractivity contribution in [2.75, 3.05) is 19.8 Å². The molecule has 0 unspecified atom stereocenters. The number of ether oxygens (including phenoxy) is 1. The molecule has 3 fully saturated rings. The molecule has 2 aliphatic carbocycles. The van der Waals surface area contributed by atoms with Gasteiger partial charge in [0, 0.05) is 12.5 Å². The Morgan fingerprint density at radius 2 is 1.69 bits per heavy atom. The number of amides is 1. The molecule has 4 nitrogen and oxygen atoms in total. The molecule has 6 rings (SSSR count). The molecule has 26 heavy (non-hydrogen) atoms. The van der Waals surface area contributed by atoms with Crippen LogP contribution in [0.4, 0.5) is 4.79 Å². The SMILES string of the molecule is O=C(OCC1c2ccccc2-c2ccccc21)N1CCC2CC1(CO)C2. The molecule has 1 N–H and O–H groups in total. The summed E-state index contributed by atoms with van der Waals surface area (Å²) in [5, 5.41) is 9.80. The number of nitrogens with zero attached hydrogens (tertiary/aromatic N) is 1. The zero-order valence-corrected chi connectivity index (χ0v) is 14.7. The molecule has 2 aromatic carbocycles. The van der Waals surface area contributed by atoms with Crippen LogP contribution >= 0.6 is 0 Å². The molecule has 0 atom stereocenters. The molecule has 4 aliphatic rings. The molecule has 1 amide bonds. The van der Waals surface area contributed by atoms with Gasteiger partial charge >= 0.3 is 6.09 Å². The van der Waals surface area contributed by atoms with Gasteiger partial charge in [-0.1, -0.05) is 48.5 Å². The summed E-state index contributed by atoms with van der Waals surface area (Å²) in [6.45, 7) is 1.07. The molecular weight excluding hydrogens is 326 g/mol. The van der Waals surface area contributed by atoms with Gasteiger partial charge in [0.1, 0.15) is 6.61 Å². The summed E-state index contributed by atoms with van der Waals surface area (Å²) in [6, 6.07) is 16.7. The fourth-order valence-corrected chi connectivity index (χ4v) is 5.16. The molecule has 2 bridgehead atoms. The van der Waals surface area contributed by atoms with Crippen LogP contribution in [0, 0.1) is 5.92 Å². The Morgan fingerprint density at radius 3 is 2.31 bits per heavy atom. The van der Waals surface area contributed by atoms with Crippen molar-refractivity contribution in [3.05, 3.63) is 59.7 Å². The van der Waals surface area contributed by atoms with Gasteiger partial charge in [-0.25, -0.2) is 4.79 Å². The molecule has 2 aromatic rings. The minimum atomic E-state index is -0.370. The van der Waals surface area contributed by atoms with Crippen LogP contribution in [0.25, 0.3) is 11.1 Å². The number of rotatable bonds is 3. The van der Waals surface area contributed by atoms with E-state index in [2.05, 4.69) is 36.4 Å². The van der Waals surface area contributed by atoms with E-state index in [1.807, 2.05) is 12.1 Å². The predicted molar refractivity (Wildman–Crippen MR) is 98.9 cm³/mol. The van der Waals surface area contributed by atoms with Crippen LogP contribution in [0.2, 0.25) is 0 Å². The number of hydrogen-bond acceptors (Lipinski definition) is 3. The maximum absolute atomic E-state index is 12.8. The van der Waals surface area contributed by atoms with Crippen LogP contribution in [0.15, 0.2) is 48.5 Å². The van der Waals surface area contributed by atoms with Gasteiger partial charge in [0.15, 0.2) is 0 Å². The van der Waals surface area contributed by atoms with Gasteiger partial charge in [-0.2, -0.15) is 0 Å². The number of hydrogen-bond donors (Lipinski definition) is 1. The standard InChI is InChI=1S/C22H23NO3/c24-14-22-11-15(12-22)9-10-23(22)21(25)26-13-20-18-7-3-1-5-16(18)17-6-2-4-8-19(17)20/h1-8,15,20,24H,9-14H2. The van der Waals surface area contributed by atoms with Gasteiger partial charge in [-0.15, -0.1) is 0 Å². The second kappa shape index (κ2) is 5.85. The third-order valence-corrected chi connectivity index (χ3v) is 6.52. The summed E-state index contributed by atoms with van der Waals surface area (Å²) in [4.78, 5) is 14.5. The second-order valence-electron chi connectivity index (χ2n) is 7.90. The lowest BCUT2D eigenvalue weighted by molar-refractivity contribution is -0.0942. The highest BCUT2D eigenvalue weighted by Crippen LogP contribution is 2.49. The zero-order valence-electron chi connectivity index (χ0n) is 14.7. The van der Waals surface area contributed by atoms with Gasteiger partial charge in [-0.3, -0.25) is 0 Å². The van der Waals surface area contributed by atoms with E-state index in [0.717, 1.165) is 19.3 Å². The lowest BCUT2D eigenvalue weighted by Gasteiger charge is -2.57. The third-order valence-electron chi connectivity index (χ3n) is 6.52. The highest BCUT2D eigenvalue weighted by molar-refractivity contribution is 5.79. The molecule has 2 aliphatic heterocycles. The molecular formula is C22H23NO3. The van der Waals surface area contributed by atoms with Gasteiger partial charge in [0.2, 0.25) is 0 Å². The Morgan fingerprint density at radius 1 is 1.08 bits per heavy atom. The van der Waals surface area contributed by atoms with Gasteiger partial charge in [-0.05, 0) is 47.4 Å². The average molecular weight is 349 g/mol. The summed E-state index contributed by atoms with van der Waals surface area (Å²) in [5.74, 6) is 0.746. The van der Waals surface area contributed by atoms with E-state index in [9.17, 15) is 9.90 Å². The molecule has 2 heterocycles. The first-order chi connectivity index (χ1) is 12.7. The van der Waals surface area contributed by atoms with E-state index < -0.39 is 0 Å². The van der Waals surface area contributed by atoms with Crippen LogP contribution in [0.5, 0.6) is 0 Å². The van der Waals surface area contributed by atoms with Crippen molar-refractivity contribution in [3.63, 3.8) is 0 Å². The van der Waals surface area contributed by atoms with E-state index in [-0.39, 0.29) is 24.2 Å². The van der Waals surface area contributed by atoms with Gasteiger partial charge in [0.25, 0.3) is 0 Å². The van der Waals surface area contributed by atoms with E-state index in [1.54, 1.807) is 4.90 Å². The van der Waals surface area contributed by atoms with Crippen molar-refractivity contribution in [3.8, 4) is 11.1 Å². The smallest absolute Gasteiger partial charge is 0.410 e. The van der Waals surface area contributed by atoms with Crippen LogP contribution < -0.4 is 0 Å². The fraction of sp³-hybridized carbons (Fsp3) is 0.409. The van der Waals surface area contributed by atoms with E-state index >= 15 is 0 Å². The number of carbonyl (C=O) groups is 1.